The third-order valence-corrected chi connectivity index (χ3v) is 6.49. The number of nitrogens with one attached hydrogen (secondary N) is 1. The average Bonchev–Trinajstić information content (AvgIpc) is 2.95. The van der Waals surface area contributed by atoms with E-state index in [2.05, 4.69) is 15.3 Å². The number of aromatic nitrogens is 2. The van der Waals surface area contributed by atoms with Crippen LogP contribution in [0.2, 0.25) is 0 Å². The monoisotopic (exact) mass is 562 g/mol. The molecule has 0 unspecified atom stereocenters. The summed E-state index contributed by atoms with van der Waals surface area (Å²) in [5, 5.41) is 15.4. The standard InChI is InChI=1S/C29H34N6O6/c1-5-35(34-14-12-33(13-15-34)28(40)41-29(2,3)4)27(39)24-9-7-20(17-31-24)19-6-8-23-22(16-19)21(10-11-30-23)26(38)32-18-25(36)37/h6-11,16-17H,5,12-15,18H2,1-4H3,(H,32,38)(H,36,37). The molecule has 1 aliphatic heterocycles. The van der Waals surface area contributed by atoms with E-state index in [4.69, 9.17) is 9.84 Å². The van der Waals surface area contributed by atoms with E-state index in [0.29, 0.717) is 49.2 Å². The fourth-order valence-corrected chi connectivity index (χ4v) is 4.52. The fourth-order valence-electron chi connectivity index (χ4n) is 4.52. The van der Waals surface area contributed by atoms with E-state index in [1.54, 1.807) is 40.4 Å². The molecule has 1 aliphatic rings. The Labute approximate surface area is 237 Å². The number of carbonyl (C=O) groups is 4. The first-order valence-corrected chi connectivity index (χ1v) is 13.4. The first-order valence-electron chi connectivity index (χ1n) is 13.4. The minimum atomic E-state index is -1.14. The number of amides is 3. The number of piperazine rings is 1. The number of nitrogens with zero attached hydrogens (tertiary/aromatic N) is 5. The second kappa shape index (κ2) is 12.3. The second-order valence-electron chi connectivity index (χ2n) is 10.5. The highest BCUT2D eigenvalue weighted by Gasteiger charge is 2.30. The number of aliphatic carboxylic acids is 1. The number of carboxylic acid groups (broad SMARTS) is 1. The Morgan fingerprint density at radius 1 is 1.00 bits per heavy atom. The summed E-state index contributed by atoms with van der Waals surface area (Å²) < 4.78 is 5.46. The van der Waals surface area contributed by atoms with Crippen LogP contribution in [0.5, 0.6) is 0 Å². The molecule has 2 aromatic heterocycles. The Morgan fingerprint density at radius 2 is 1.71 bits per heavy atom. The summed E-state index contributed by atoms with van der Waals surface area (Å²) in [6.45, 7) is 9.19. The predicted octanol–water partition coefficient (Wildman–Crippen LogP) is 3.04. The number of carboxylic acids is 1. The smallest absolute Gasteiger partial charge is 0.410 e. The third kappa shape index (κ3) is 7.14. The molecule has 12 heteroatoms. The number of rotatable bonds is 7. The number of carbonyl (C=O) groups excluding carboxylic acids is 3. The van der Waals surface area contributed by atoms with Gasteiger partial charge in [0.05, 0.1) is 11.1 Å². The zero-order valence-electron chi connectivity index (χ0n) is 23.6. The Kier molecular flexibility index (Phi) is 8.82. The van der Waals surface area contributed by atoms with Gasteiger partial charge in [0.15, 0.2) is 0 Å². The SMILES string of the molecule is CCN(C(=O)c1ccc(-c2ccc3nccc(C(=O)NCC(=O)O)c3c2)cn1)N1CCN(C(=O)OC(C)(C)C)CC1. The van der Waals surface area contributed by atoms with Crippen molar-refractivity contribution < 1.29 is 29.0 Å². The van der Waals surface area contributed by atoms with Gasteiger partial charge in [0.1, 0.15) is 17.8 Å². The van der Waals surface area contributed by atoms with Crippen LogP contribution in [0, 0.1) is 0 Å². The van der Waals surface area contributed by atoms with Crippen LogP contribution in [-0.4, -0.2) is 98.7 Å². The van der Waals surface area contributed by atoms with Crippen molar-refractivity contribution in [2.45, 2.75) is 33.3 Å². The van der Waals surface area contributed by atoms with Crippen molar-refractivity contribution in [2.24, 2.45) is 0 Å². The van der Waals surface area contributed by atoms with Crippen molar-refractivity contribution in [3.05, 3.63) is 60.0 Å². The summed E-state index contributed by atoms with van der Waals surface area (Å²) in [5.41, 5.74) is 2.10. The number of hydrogen-bond donors (Lipinski definition) is 2. The lowest BCUT2D eigenvalue weighted by Gasteiger charge is -2.40. The van der Waals surface area contributed by atoms with Crippen molar-refractivity contribution in [2.75, 3.05) is 39.3 Å². The Balaban J connectivity index is 1.47. The van der Waals surface area contributed by atoms with Gasteiger partial charge in [0, 0.05) is 56.1 Å². The minimum Gasteiger partial charge on any atom is -0.480 e. The zero-order chi connectivity index (χ0) is 29.7. The first kappa shape index (κ1) is 29.4. The highest BCUT2D eigenvalue weighted by atomic mass is 16.6. The second-order valence-corrected chi connectivity index (χ2v) is 10.5. The lowest BCUT2D eigenvalue weighted by atomic mass is 10.0. The normalized spacial score (nSPS) is 14.0. The molecular weight excluding hydrogens is 528 g/mol. The highest BCUT2D eigenvalue weighted by Crippen LogP contribution is 2.26. The molecule has 0 spiro atoms. The van der Waals surface area contributed by atoms with Crippen LogP contribution < -0.4 is 5.32 Å². The minimum absolute atomic E-state index is 0.245. The summed E-state index contributed by atoms with van der Waals surface area (Å²) in [6.07, 6.45) is 2.74. The lowest BCUT2D eigenvalue weighted by Crippen LogP contribution is -2.57. The van der Waals surface area contributed by atoms with Gasteiger partial charge in [-0.15, -0.1) is 0 Å². The topological polar surface area (TPSA) is 145 Å². The summed E-state index contributed by atoms with van der Waals surface area (Å²) >= 11 is 0. The summed E-state index contributed by atoms with van der Waals surface area (Å²) in [7, 11) is 0. The van der Waals surface area contributed by atoms with Crippen molar-refractivity contribution in [1.82, 2.24) is 30.2 Å². The number of pyridine rings is 2. The van der Waals surface area contributed by atoms with Crippen LogP contribution in [-0.2, 0) is 9.53 Å². The van der Waals surface area contributed by atoms with Gasteiger partial charge >= 0.3 is 12.1 Å². The van der Waals surface area contributed by atoms with Gasteiger partial charge in [0.2, 0.25) is 0 Å². The molecule has 0 aliphatic carbocycles. The largest absolute Gasteiger partial charge is 0.480 e. The zero-order valence-corrected chi connectivity index (χ0v) is 23.6. The van der Waals surface area contributed by atoms with Crippen LogP contribution in [0.4, 0.5) is 4.79 Å². The predicted molar refractivity (Wildman–Crippen MR) is 151 cm³/mol. The van der Waals surface area contributed by atoms with Gasteiger partial charge in [-0.3, -0.25) is 29.4 Å². The van der Waals surface area contributed by atoms with Gasteiger partial charge in [-0.25, -0.2) is 9.80 Å². The van der Waals surface area contributed by atoms with Gasteiger partial charge < -0.3 is 20.1 Å². The Morgan fingerprint density at radius 3 is 2.32 bits per heavy atom. The van der Waals surface area contributed by atoms with E-state index in [1.165, 1.54) is 12.3 Å². The molecule has 0 saturated carbocycles. The fraction of sp³-hybridized carbons (Fsp3) is 0.379. The van der Waals surface area contributed by atoms with Crippen LogP contribution in [0.3, 0.4) is 0 Å². The van der Waals surface area contributed by atoms with Gasteiger partial charge in [-0.1, -0.05) is 12.1 Å². The molecule has 3 heterocycles. The van der Waals surface area contributed by atoms with Gasteiger partial charge in [0.25, 0.3) is 11.8 Å². The van der Waals surface area contributed by atoms with Gasteiger partial charge in [-0.05, 0) is 57.5 Å². The lowest BCUT2D eigenvalue weighted by molar-refractivity contribution is -0.135. The number of hydrogen-bond acceptors (Lipinski definition) is 8. The van der Waals surface area contributed by atoms with Crippen molar-refractivity contribution in [3.63, 3.8) is 0 Å². The van der Waals surface area contributed by atoms with E-state index >= 15 is 0 Å². The first-order chi connectivity index (χ1) is 19.5. The van der Waals surface area contributed by atoms with Crippen molar-refractivity contribution >= 4 is 34.8 Å². The Bertz CT molecular complexity index is 1440. The number of ether oxygens (including phenoxy) is 1. The molecule has 0 atom stereocenters. The molecule has 2 N–H and O–H groups in total. The number of benzene rings is 1. The van der Waals surface area contributed by atoms with E-state index < -0.39 is 24.0 Å². The molecule has 12 nitrogen and oxygen atoms in total. The average molecular weight is 563 g/mol. The molecular formula is C29H34N6O6. The molecule has 1 saturated heterocycles. The molecule has 1 aromatic carbocycles. The molecule has 4 rings (SSSR count). The quantitative estimate of drug-likeness (QED) is 0.444. The van der Waals surface area contributed by atoms with E-state index in [0.717, 1.165) is 11.1 Å². The maximum Gasteiger partial charge on any atom is 0.410 e. The van der Waals surface area contributed by atoms with Crippen molar-refractivity contribution in [1.29, 1.82) is 0 Å². The maximum atomic E-state index is 13.4. The van der Waals surface area contributed by atoms with Crippen LogP contribution >= 0.6 is 0 Å². The molecule has 0 radical (unpaired) electrons. The number of fused-ring (bicyclic) bond motifs is 1. The highest BCUT2D eigenvalue weighted by molar-refractivity contribution is 6.07. The molecule has 41 heavy (non-hydrogen) atoms. The van der Waals surface area contributed by atoms with Gasteiger partial charge in [-0.2, -0.15) is 0 Å². The molecule has 3 amide bonds. The van der Waals surface area contributed by atoms with Crippen LogP contribution in [0.1, 0.15) is 48.5 Å². The number of hydrazine groups is 1. The molecule has 1 fully saturated rings. The molecule has 3 aromatic rings. The van der Waals surface area contributed by atoms with Crippen molar-refractivity contribution in [3.8, 4) is 11.1 Å². The van der Waals surface area contributed by atoms with E-state index in [9.17, 15) is 19.2 Å². The van der Waals surface area contributed by atoms with E-state index in [-0.39, 0.29) is 17.7 Å². The van der Waals surface area contributed by atoms with Crippen LogP contribution in [0.25, 0.3) is 22.0 Å². The maximum absolute atomic E-state index is 13.4. The molecule has 0 bridgehead atoms. The summed E-state index contributed by atoms with van der Waals surface area (Å²) in [5.74, 6) is -1.89. The summed E-state index contributed by atoms with van der Waals surface area (Å²) in [4.78, 5) is 59.5. The summed E-state index contributed by atoms with van der Waals surface area (Å²) in [6, 6.07) is 10.4. The Hall–Kier alpha value is -4.58. The molecule has 216 valence electrons. The van der Waals surface area contributed by atoms with E-state index in [1.807, 2.05) is 38.8 Å². The third-order valence-electron chi connectivity index (χ3n) is 6.49. The van der Waals surface area contributed by atoms with Crippen LogP contribution in [0.15, 0.2) is 48.8 Å².